The summed E-state index contributed by atoms with van der Waals surface area (Å²) >= 11 is 0. The van der Waals surface area contributed by atoms with E-state index in [1.165, 1.54) is 5.56 Å². The Kier molecular flexibility index (Phi) is 2.81. The molecule has 104 valence electrons. The molecule has 0 saturated heterocycles. The number of hydrogen-bond donors (Lipinski definition) is 1. The second-order valence-corrected chi connectivity index (χ2v) is 5.98. The van der Waals surface area contributed by atoms with Crippen LogP contribution < -0.4 is 4.74 Å². The van der Waals surface area contributed by atoms with Crippen molar-refractivity contribution in [2.75, 3.05) is 0 Å². The van der Waals surface area contributed by atoms with Gasteiger partial charge in [0.05, 0.1) is 12.6 Å². The van der Waals surface area contributed by atoms with Crippen molar-refractivity contribution in [1.29, 1.82) is 0 Å². The van der Waals surface area contributed by atoms with E-state index in [0.717, 1.165) is 37.1 Å². The summed E-state index contributed by atoms with van der Waals surface area (Å²) in [6.45, 7) is 0.839. The lowest BCUT2D eigenvalue weighted by atomic mass is 10.1. The van der Waals surface area contributed by atoms with Gasteiger partial charge in [-0.2, -0.15) is 0 Å². The molecule has 1 fully saturated rings. The maximum Gasteiger partial charge on any atom is 0.123 e. The molecule has 1 aliphatic carbocycles. The lowest BCUT2D eigenvalue weighted by Gasteiger charge is -2.12. The van der Waals surface area contributed by atoms with Crippen LogP contribution in [0.25, 0.3) is 0 Å². The minimum atomic E-state index is -0.280. The first-order valence-electron chi connectivity index (χ1n) is 7.38. The van der Waals surface area contributed by atoms with Crippen LogP contribution >= 0.6 is 0 Å². The summed E-state index contributed by atoms with van der Waals surface area (Å²) in [5.74, 6) is 1.50. The molecule has 0 amide bonds. The topological polar surface area (TPSA) is 34.4 Å². The molecule has 1 aliphatic heterocycles. The highest BCUT2D eigenvalue weighted by molar-refractivity contribution is 5.37. The predicted octanol–water partition coefficient (Wildman–Crippen LogP) is 2.94. The molecular formula is C17H19NO2. The van der Waals surface area contributed by atoms with E-state index in [1.807, 2.05) is 24.4 Å². The first-order chi connectivity index (χ1) is 9.79. The van der Waals surface area contributed by atoms with Gasteiger partial charge in [0.1, 0.15) is 11.9 Å². The van der Waals surface area contributed by atoms with E-state index >= 15 is 0 Å². The van der Waals surface area contributed by atoms with Crippen molar-refractivity contribution in [2.45, 2.75) is 38.0 Å². The molecule has 2 aliphatic rings. The van der Waals surface area contributed by atoms with E-state index in [4.69, 9.17) is 4.74 Å². The number of benzene rings is 1. The second kappa shape index (κ2) is 4.67. The van der Waals surface area contributed by atoms with Crippen LogP contribution in [-0.2, 0) is 13.0 Å². The molecule has 2 aromatic rings. The number of para-hydroxylation sites is 1. The zero-order valence-corrected chi connectivity index (χ0v) is 11.4. The molecule has 4 rings (SSSR count). The minimum Gasteiger partial charge on any atom is -0.488 e. The Morgan fingerprint density at radius 2 is 2.10 bits per heavy atom. The molecule has 0 radical (unpaired) electrons. The summed E-state index contributed by atoms with van der Waals surface area (Å²) in [6, 6.07) is 10.3. The quantitative estimate of drug-likeness (QED) is 0.926. The van der Waals surface area contributed by atoms with Crippen LogP contribution in [0, 0.1) is 5.92 Å². The smallest absolute Gasteiger partial charge is 0.123 e. The van der Waals surface area contributed by atoms with Gasteiger partial charge in [-0.3, -0.25) is 0 Å². The van der Waals surface area contributed by atoms with E-state index < -0.39 is 0 Å². The van der Waals surface area contributed by atoms with Gasteiger partial charge in [0.25, 0.3) is 0 Å². The van der Waals surface area contributed by atoms with E-state index in [2.05, 4.69) is 22.9 Å². The van der Waals surface area contributed by atoms with Crippen LogP contribution in [-0.4, -0.2) is 15.8 Å². The van der Waals surface area contributed by atoms with Crippen molar-refractivity contribution in [3.05, 3.63) is 53.9 Å². The summed E-state index contributed by atoms with van der Waals surface area (Å²) in [5.41, 5.74) is 2.34. The zero-order valence-electron chi connectivity index (χ0n) is 11.4. The van der Waals surface area contributed by atoms with E-state index in [-0.39, 0.29) is 12.2 Å². The largest absolute Gasteiger partial charge is 0.488 e. The molecule has 3 heteroatoms. The third-order valence-corrected chi connectivity index (χ3v) is 4.31. The number of nitrogens with zero attached hydrogens (tertiary/aromatic N) is 1. The van der Waals surface area contributed by atoms with Gasteiger partial charge in [-0.1, -0.05) is 18.2 Å². The fourth-order valence-corrected chi connectivity index (χ4v) is 3.02. The molecule has 2 heterocycles. The number of aliphatic hydroxyl groups is 1. The molecule has 1 saturated carbocycles. The molecule has 2 atom stereocenters. The molecule has 1 aromatic heterocycles. The van der Waals surface area contributed by atoms with Crippen molar-refractivity contribution >= 4 is 0 Å². The second-order valence-electron chi connectivity index (χ2n) is 5.98. The third-order valence-electron chi connectivity index (χ3n) is 4.31. The normalized spacial score (nSPS) is 22.4. The lowest BCUT2D eigenvalue weighted by Crippen LogP contribution is -2.19. The molecule has 1 aromatic carbocycles. The van der Waals surface area contributed by atoms with Gasteiger partial charge in [0.15, 0.2) is 0 Å². The lowest BCUT2D eigenvalue weighted by molar-refractivity contribution is 0.153. The molecule has 2 unspecified atom stereocenters. The fourth-order valence-electron chi connectivity index (χ4n) is 3.02. The molecule has 3 nitrogen and oxygen atoms in total. The number of rotatable bonds is 4. The van der Waals surface area contributed by atoms with Crippen LogP contribution in [0.2, 0.25) is 0 Å². The third kappa shape index (κ3) is 2.22. The van der Waals surface area contributed by atoms with Crippen molar-refractivity contribution in [1.82, 2.24) is 4.57 Å². The average molecular weight is 269 g/mol. The van der Waals surface area contributed by atoms with Gasteiger partial charge in [0, 0.05) is 18.8 Å². The summed E-state index contributed by atoms with van der Waals surface area (Å²) < 4.78 is 8.09. The van der Waals surface area contributed by atoms with E-state index in [1.54, 1.807) is 0 Å². The van der Waals surface area contributed by atoms with Gasteiger partial charge < -0.3 is 14.4 Å². The highest BCUT2D eigenvalue weighted by atomic mass is 16.5. The Morgan fingerprint density at radius 1 is 1.25 bits per heavy atom. The van der Waals surface area contributed by atoms with E-state index in [0.29, 0.717) is 5.92 Å². The number of aliphatic hydroxyl groups excluding tert-OH is 1. The Bertz CT molecular complexity index is 590. The van der Waals surface area contributed by atoms with Crippen LogP contribution in [0.15, 0.2) is 42.7 Å². The van der Waals surface area contributed by atoms with Gasteiger partial charge in [0.2, 0.25) is 0 Å². The highest BCUT2D eigenvalue weighted by Gasteiger charge is 2.31. The minimum absolute atomic E-state index is 0.200. The van der Waals surface area contributed by atoms with Crippen LogP contribution in [0.3, 0.4) is 0 Å². The van der Waals surface area contributed by atoms with Crippen molar-refractivity contribution in [3.63, 3.8) is 0 Å². The molecule has 0 bridgehead atoms. The number of fused-ring (bicyclic) bond motifs is 1. The van der Waals surface area contributed by atoms with Crippen molar-refractivity contribution in [2.24, 2.45) is 5.92 Å². The first-order valence-corrected chi connectivity index (χ1v) is 7.38. The monoisotopic (exact) mass is 269 g/mol. The van der Waals surface area contributed by atoms with Crippen molar-refractivity contribution in [3.8, 4) is 5.75 Å². The number of ether oxygens (including phenoxy) is 1. The number of aromatic nitrogens is 1. The standard InChI is InChI=1S/C17H19NO2/c19-17(12-5-6-12)14-7-8-18(10-14)11-15-9-13-3-1-2-4-16(13)20-15/h1-4,7-8,10,12,15,17,19H,5-6,9,11H2. The van der Waals surface area contributed by atoms with Crippen LogP contribution in [0.1, 0.15) is 30.1 Å². The summed E-state index contributed by atoms with van der Waals surface area (Å²) in [4.78, 5) is 0. The summed E-state index contributed by atoms with van der Waals surface area (Å²) in [5, 5.41) is 10.1. The Morgan fingerprint density at radius 3 is 2.90 bits per heavy atom. The van der Waals surface area contributed by atoms with Gasteiger partial charge >= 0.3 is 0 Å². The van der Waals surface area contributed by atoms with Gasteiger partial charge in [-0.25, -0.2) is 0 Å². The van der Waals surface area contributed by atoms with Crippen LogP contribution in [0.5, 0.6) is 5.75 Å². The summed E-state index contributed by atoms with van der Waals surface area (Å²) in [7, 11) is 0. The predicted molar refractivity (Wildman–Crippen MR) is 76.7 cm³/mol. The molecule has 20 heavy (non-hydrogen) atoms. The SMILES string of the molecule is OC(c1ccn(CC2Cc3ccccc3O2)c1)C1CC1. The average Bonchev–Trinajstić information content (AvgIpc) is 3.07. The maximum absolute atomic E-state index is 10.1. The van der Waals surface area contributed by atoms with Crippen molar-refractivity contribution < 1.29 is 9.84 Å². The van der Waals surface area contributed by atoms with Gasteiger partial charge in [-0.15, -0.1) is 0 Å². The van der Waals surface area contributed by atoms with E-state index in [9.17, 15) is 5.11 Å². The molecular weight excluding hydrogens is 250 g/mol. The molecule has 1 N–H and O–H groups in total. The summed E-state index contributed by atoms with van der Waals surface area (Å²) in [6.07, 6.45) is 7.32. The maximum atomic E-state index is 10.1. The van der Waals surface area contributed by atoms with Gasteiger partial charge in [-0.05, 0) is 42.0 Å². The Hall–Kier alpha value is -1.74. The Balaban J connectivity index is 1.43. The number of hydrogen-bond acceptors (Lipinski definition) is 2. The Labute approximate surface area is 118 Å². The first kappa shape index (κ1) is 12.0. The highest BCUT2D eigenvalue weighted by Crippen LogP contribution is 2.41. The fraction of sp³-hybridized carbons (Fsp3) is 0.412. The molecule has 0 spiro atoms. The van der Waals surface area contributed by atoms with Crippen LogP contribution in [0.4, 0.5) is 0 Å². The zero-order chi connectivity index (χ0) is 13.5.